The zero-order valence-corrected chi connectivity index (χ0v) is 17.1. The second-order valence-corrected chi connectivity index (χ2v) is 5.78. The van der Waals surface area contributed by atoms with Crippen LogP contribution < -0.4 is 10.6 Å². The van der Waals surface area contributed by atoms with Gasteiger partial charge in [0.25, 0.3) is 0 Å². The molecule has 30 heavy (non-hydrogen) atoms. The number of aromatic amines is 1. The van der Waals surface area contributed by atoms with Gasteiger partial charge in [-0.25, -0.2) is 15.0 Å². The number of H-pyrrole nitrogens is 1. The van der Waals surface area contributed by atoms with Crippen LogP contribution in [0.2, 0.25) is 0 Å². The van der Waals surface area contributed by atoms with Crippen LogP contribution in [0.4, 0.5) is 19.0 Å². The number of rotatable bonds is 4. The number of amides is 1. The number of anilines is 1. The molecule has 0 saturated carbocycles. The highest BCUT2D eigenvalue weighted by Gasteiger charge is 2.28. The van der Waals surface area contributed by atoms with Crippen molar-refractivity contribution in [2.24, 2.45) is 0 Å². The molecule has 0 aliphatic carbocycles. The number of aryl methyl sites for hydroxylation is 1. The number of pyridine rings is 1. The van der Waals surface area contributed by atoms with E-state index in [1.165, 1.54) is 19.2 Å². The molecule has 3 heterocycles. The van der Waals surface area contributed by atoms with E-state index in [0.29, 0.717) is 11.6 Å². The van der Waals surface area contributed by atoms with E-state index in [0.717, 1.165) is 11.0 Å². The molecule has 0 bridgehead atoms. The third kappa shape index (κ3) is 8.76. The number of hydrogen-bond acceptors (Lipinski definition) is 6. The molecular weight excluding hydrogens is 401 g/mol. The highest BCUT2D eigenvalue weighted by molar-refractivity contribution is 5.83. The molecule has 3 aromatic heterocycles. The largest absolute Gasteiger partial charge is 0.495 e. The summed E-state index contributed by atoms with van der Waals surface area (Å²) in [6, 6.07) is 6.07. The van der Waals surface area contributed by atoms with Crippen molar-refractivity contribution in [2.45, 2.75) is 39.9 Å². The van der Waals surface area contributed by atoms with E-state index in [4.69, 9.17) is 5.11 Å². The summed E-state index contributed by atoms with van der Waals surface area (Å²) in [6.07, 6.45) is -1.25. The molecule has 3 aromatic rings. The van der Waals surface area contributed by atoms with Crippen LogP contribution in [0.1, 0.15) is 26.6 Å². The minimum Gasteiger partial charge on any atom is -0.495 e. The molecular formula is C19H25F3N6O2. The highest BCUT2D eigenvalue weighted by Crippen LogP contribution is 2.15. The lowest BCUT2D eigenvalue weighted by atomic mass is 10.3. The van der Waals surface area contributed by atoms with E-state index in [9.17, 15) is 18.0 Å². The molecule has 3 rings (SSSR count). The third-order valence-corrected chi connectivity index (χ3v) is 3.37. The molecule has 0 radical (unpaired) electrons. The molecule has 11 heteroatoms. The monoisotopic (exact) mass is 426 g/mol. The molecule has 4 N–H and O–H groups in total. The van der Waals surface area contributed by atoms with Gasteiger partial charge < -0.3 is 20.7 Å². The van der Waals surface area contributed by atoms with E-state index in [1.54, 1.807) is 24.5 Å². The zero-order valence-electron chi connectivity index (χ0n) is 17.1. The van der Waals surface area contributed by atoms with Crippen molar-refractivity contribution < 1.29 is 23.1 Å². The van der Waals surface area contributed by atoms with Gasteiger partial charge in [-0.05, 0) is 32.0 Å². The fraction of sp³-hybridized carbons (Fsp3) is 0.368. The van der Waals surface area contributed by atoms with Gasteiger partial charge in [0.1, 0.15) is 29.9 Å². The van der Waals surface area contributed by atoms with Crippen LogP contribution in [0.5, 0.6) is 5.88 Å². The van der Waals surface area contributed by atoms with Crippen molar-refractivity contribution in [1.29, 1.82) is 0 Å². The average Bonchev–Trinajstić information content (AvgIpc) is 3.07. The molecule has 0 fully saturated rings. The van der Waals surface area contributed by atoms with Gasteiger partial charge in [-0.2, -0.15) is 13.2 Å². The van der Waals surface area contributed by atoms with Crippen molar-refractivity contribution >= 4 is 22.8 Å². The Morgan fingerprint density at radius 2 is 1.93 bits per heavy atom. The second kappa shape index (κ2) is 11.6. The third-order valence-electron chi connectivity index (χ3n) is 3.37. The molecule has 0 saturated heterocycles. The predicted octanol–water partition coefficient (Wildman–Crippen LogP) is 3.56. The number of fused-ring (bicyclic) bond motifs is 1. The number of aromatic nitrogens is 4. The standard InChI is InChI=1S/C10H13F3N4O.C7H6N2O.C2H6/c1-6(9(18)15-5-10(11,12)13)16-8-3-4-14-7(2)17-8;10-6-4-5-2-1-3-8-7(5)9-6;1-2/h3-4,6H,5H2,1-2H3,(H,15,18)(H,14,16,17);1-4,10H,(H,8,9);1-2H3. The zero-order chi connectivity index (χ0) is 22.7. The maximum atomic E-state index is 11.9. The van der Waals surface area contributed by atoms with Gasteiger partial charge in [0.2, 0.25) is 5.91 Å². The fourth-order valence-corrected chi connectivity index (χ4v) is 2.11. The van der Waals surface area contributed by atoms with Crippen LogP contribution >= 0.6 is 0 Å². The summed E-state index contributed by atoms with van der Waals surface area (Å²) in [4.78, 5) is 25.9. The average molecular weight is 426 g/mol. The summed E-state index contributed by atoms with van der Waals surface area (Å²) < 4.78 is 35.7. The molecule has 8 nitrogen and oxygen atoms in total. The first-order chi connectivity index (χ1) is 14.1. The van der Waals surface area contributed by atoms with Gasteiger partial charge >= 0.3 is 6.18 Å². The lowest BCUT2D eigenvalue weighted by Gasteiger charge is -2.15. The number of alkyl halides is 3. The number of carbonyl (C=O) groups is 1. The first kappa shape index (κ1) is 24.7. The fourth-order valence-electron chi connectivity index (χ4n) is 2.11. The van der Waals surface area contributed by atoms with Crippen LogP contribution in [0, 0.1) is 6.92 Å². The van der Waals surface area contributed by atoms with Crippen LogP contribution in [-0.2, 0) is 4.79 Å². The van der Waals surface area contributed by atoms with Gasteiger partial charge in [-0.3, -0.25) is 4.79 Å². The Hall–Kier alpha value is -3.37. The van der Waals surface area contributed by atoms with Crippen molar-refractivity contribution in [2.75, 3.05) is 11.9 Å². The van der Waals surface area contributed by atoms with Gasteiger partial charge in [0.05, 0.1) is 0 Å². The van der Waals surface area contributed by atoms with E-state index in [1.807, 2.05) is 26.0 Å². The maximum absolute atomic E-state index is 11.9. The Labute approximate surface area is 172 Å². The van der Waals surface area contributed by atoms with Gasteiger partial charge in [-0.15, -0.1) is 0 Å². The summed E-state index contributed by atoms with van der Waals surface area (Å²) >= 11 is 0. The van der Waals surface area contributed by atoms with Gasteiger partial charge in [0.15, 0.2) is 5.88 Å². The van der Waals surface area contributed by atoms with Crippen molar-refractivity contribution in [3.63, 3.8) is 0 Å². The predicted molar refractivity (Wildman–Crippen MR) is 108 cm³/mol. The van der Waals surface area contributed by atoms with Gasteiger partial charge in [-0.1, -0.05) is 13.8 Å². The minimum absolute atomic E-state index is 0.161. The van der Waals surface area contributed by atoms with Crippen molar-refractivity contribution in [3.05, 3.63) is 42.5 Å². The number of hydrogen-bond donors (Lipinski definition) is 4. The van der Waals surface area contributed by atoms with E-state index in [2.05, 4.69) is 25.3 Å². The Balaban J connectivity index is 0.000000313. The van der Waals surface area contributed by atoms with E-state index >= 15 is 0 Å². The summed E-state index contributed by atoms with van der Waals surface area (Å²) in [7, 11) is 0. The normalized spacial score (nSPS) is 11.4. The molecule has 1 amide bonds. The quantitative estimate of drug-likeness (QED) is 0.507. The molecule has 0 aromatic carbocycles. The first-order valence-electron chi connectivity index (χ1n) is 9.17. The lowest BCUT2D eigenvalue weighted by Crippen LogP contribution is -2.42. The van der Waals surface area contributed by atoms with E-state index in [-0.39, 0.29) is 5.88 Å². The summed E-state index contributed by atoms with van der Waals surface area (Å²) in [5.41, 5.74) is 0.722. The number of halogens is 3. The van der Waals surface area contributed by atoms with Gasteiger partial charge in [0, 0.05) is 23.8 Å². The van der Waals surface area contributed by atoms with Crippen LogP contribution in [0.15, 0.2) is 36.7 Å². The SMILES string of the molecule is CC.Cc1nccc(NC(C)C(=O)NCC(F)(F)F)n1.Oc1cc2cccnc2[nH]1. The Kier molecular flexibility index (Phi) is 9.53. The first-order valence-corrected chi connectivity index (χ1v) is 9.17. The number of nitrogens with one attached hydrogen (secondary N) is 3. The second-order valence-electron chi connectivity index (χ2n) is 5.78. The number of carbonyl (C=O) groups excluding carboxylic acids is 1. The van der Waals surface area contributed by atoms with Crippen LogP contribution in [0.3, 0.4) is 0 Å². The highest BCUT2D eigenvalue weighted by atomic mass is 19.4. The van der Waals surface area contributed by atoms with E-state index < -0.39 is 24.7 Å². The number of nitrogens with zero attached hydrogens (tertiary/aromatic N) is 3. The maximum Gasteiger partial charge on any atom is 0.405 e. The molecule has 0 aliphatic rings. The molecule has 0 aliphatic heterocycles. The smallest absolute Gasteiger partial charge is 0.405 e. The van der Waals surface area contributed by atoms with Crippen LogP contribution in [0.25, 0.3) is 11.0 Å². The minimum atomic E-state index is -4.42. The Bertz CT molecular complexity index is 897. The van der Waals surface area contributed by atoms with Crippen molar-refractivity contribution in [3.8, 4) is 5.88 Å². The summed E-state index contributed by atoms with van der Waals surface area (Å²) in [5.74, 6) is 0.303. The molecule has 164 valence electrons. The lowest BCUT2D eigenvalue weighted by molar-refractivity contribution is -0.138. The van der Waals surface area contributed by atoms with Crippen LogP contribution in [-0.4, -0.2) is 49.7 Å². The molecule has 1 atom stereocenters. The summed E-state index contributed by atoms with van der Waals surface area (Å²) in [5, 5.41) is 14.4. The van der Waals surface area contributed by atoms with Crippen molar-refractivity contribution in [1.82, 2.24) is 25.3 Å². The topological polar surface area (TPSA) is 116 Å². The number of aromatic hydroxyl groups is 1. The Morgan fingerprint density at radius 1 is 1.23 bits per heavy atom. The summed E-state index contributed by atoms with van der Waals surface area (Å²) in [6.45, 7) is 5.77. The molecule has 0 spiro atoms. The Morgan fingerprint density at radius 3 is 2.53 bits per heavy atom. The molecule has 1 unspecified atom stereocenters.